The van der Waals surface area contributed by atoms with Gasteiger partial charge in [-0.1, -0.05) is 30.2 Å². The van der Waals surface area contributed by atoms with E-state index in [1.54, 1.807) is 0 Å². The van der Waals surface area contributed by atoms with Gasteiger partial charge in [0.05, 0.1) is 23.9 Å². The molecule has 1 aromatic rings. The Morgan fingerprint density at radius 1 is 1.04 bits per heavy atom. The average Bonchev–Trinajstić information content (AvgIpc) is 2.87. The highest BCUT2D eigenvalue weighted by molar-refractivity contribution is 6.00. The Labute approximate surface area is 161 Å². The Bertz CT molecular complexity index is 911. The first-order valence-electron chi connectivity index (χ1n) is 9.50. The number of allylic oxidation sites excluding steroid dienone is 2. The van der Waals surface area contributed by atoms with Gasteiger partial charge in [0.1, 0.15) is 5.92 Å². The molecule has 0 aromatic heterocycles. The summed E-state index contributed by atoms with van der Waals surface area (Å²) in [5.41, 5.74) is 3.55. The number of benzene rings is 1. The Morgan fingerprint density at radius 3 is 2.22 bits per heavy atom. The molecular weight excluding hydrogens is 332 g/mol. The van der Waals surface area contributed by atoms with Crippen LogP contribution in [-0.4, -0.2) is 5.71 Å². The molecule has 0 heterocycles. The van der Waals surface area contributed by atoms with Gasteiger partial charge in [0, 0.05) is 5.92 Å². The van der Waals surface area contributed by atoms with E-state index in [2.05, 4.69) is 36.4 Å². The highest BCUT2D eigenvalue weighted by Crippen LogP contribution is 2.55. The van der Waals surface area contributed by atoms with Gasteiger partial charge < -0.3 is 5.41 Å². The molecule has 3 rings (SSSR count). The summed E-state index contributed by atoms with van der Waals surface area (Å²) >= 11 is 0. The van der Waals surface area contributed by atoms with Crippen molar-refractivity contribution in [2.24, 2.45) is 17.3 Å². The lowest BCUT2D eigenvalue weighted by Gasteiger charge is -2.45. The van der Waals surface area contributed by atoms with Crippen LogP contribution in [0.15, 0.2) is 23.8 Å². The molecule has 0 spiro atoms. The van der Waals surface area contributed by atoms with E-state index < -0.39 is 17.3 Å². The van der Waals surface area contributed by atoms with Gasteiger partial charge in [0.25, 0.3) is 0 Å². The fourth-order valence-corrected chi connectivity index (χ4v) is 5.17. The summed E-state index contributed by atoms with van der Waals surface area (Å²) in [5, 5.41) is 38.7. The van der Waals surface area contributed by atoms with Crippen LogP contribution in [0.25, 0.3) is 0 Å². The van der Waals surface area contributed by atoms with Gasteiger partial charge in [-0.2, -0.15) is 15.8 Å². The summed E-state index contributed by atoms with van der Waals surface area (Å²) in [4.78, 5) is 0. The van der Waals surface area contributed by atoms with Crippen molar-refractivity contribution in [1.82, 2.24) is 0 Å². The molecule has 0 saturated heterocycles. The molecule has 4 nitrogen and oxygen atoms in total. The van der Waals surface area contributed by atoms with Gasteiger partial charge in [-0.15, -0.1) is 0 Å². The standard InChI is InChI=1S/C23H24N4/c1-14-9-15(2)20(16(3)10-14)21-18-8-6-4-5-7-17(18)19(11-24)22(27)23(21,12-25)13-26/h7,9-10,18-19,21,27H,4-6,8H2,1-3H3/t18-,19+,21-/m0/s1. The van der Waals surface area contributed by atoms with Gasteiger partial charge >= 0.3 is 0 Å². The van der Waals surface area contributed by atoms with E-state index >= 15 is 0 Å². The highest BCUT2D eigenvalue weighted by Gasteiger charge is 2.57. The number of aryl methyl sites for hydroxylation is 3. The molecule has 136 valence electrons. The van der Waals surface area contributed by atoms with E-state index in [4.69, 9.17) is 5.41 Å². The van der Waals surface area contributed by atoms with Crippen LogP contribution in [-0.2, 0) is 0 Å². The number of fused-ring (bicyclic) bond motifs is 1. The summed E-state index contributed by atoms with van der Waals surface area (Å²) in [6.07, 6.45) is 5.88. The van der Waals surface area contributed by atoms with E-state index in [0.29, 0.717) is 0 Å². The van der Waals surface area contributed by atoms with Crippen molar-refractivity contribution in [2.45, 2.75) is 52.4 Å². The van der Waals surface area contributed by atoms with Crippen LogP contribution in [0, 0.1) is 77.4 Å². The predicted octanol–water partition coefficient (Wildman–Crippen LogP) is 5.02. The topological polar surface area (TPSA) is 95.2 Å². The van der Waals surface area contributed by atoms with Gasteiger partial charge in [-0.05, 0) is 68.2 Å². The summed E-state index contributed by atoms with van der Waals surface area (Å²) < 4.78 is 0. The maximum absolute atomic E-state index is 10.1. The third-order valence-corrected chi connectivity index (χ3v) is 6.22. The fraction of sp³-hybridized carbons (Fsp3) is 0.478. The second-order valence-electron chi connectivity index (χ2n) is 7.89. The van der Waals surface area contributed by atoms with Crippen LogP contribution in [0.2, 0.25) is 0 Å². The number of hydrogen-bond acceptors (Lipinski definition) is 4. The lowest BCUT2D eigenvalue weighted by molar-refractivity contribution is 0.333. The van der Waals surface area contributed by atoms with Crippen LogP contribution < -0.4 is 0 Å². The first-order valence-corrected chi connectivity index (χ1v) is 9.50. The lowest BCUT2D eigenvalue weighted by Crippen LogP contribution is -2.48. The molecule has 2 aliphatic carbocycles. The second kappa shape index (κ2) is 7.02. The Kier molecular flexibility index (Phi) is 4.91. The molecule has 2 aliphatic rings. The second-order valence-corrected chi connectivity index (χ2v) is 7.89. The molecule has 0 bridgehead atoms. The minimum atomic E-state index is -1.60. The molecule has 27 heavy (non-hydrogen) atoms. The molecule has 1 saturated carbocycles. The number of nitrogens with zero attached hydrogens (tertiary/aromatic N) is 3. The normalized spacial score (nSPS) is 26.6. The smallest absolute Gasteiger partial charge is 0.189 e. The van der Waals surface area contributed by atoms with Crippen molar-refractivity contribution in [3.63, 3.8) is 0 Å². The van der Waals surface area contributed by atoms with Crippen LogP contribution in [0.4, 0.5) is 0 Å². The van der Waals surface area contributed by atoms with Crippen molar-refractivity contribution < 1.29 is 0 Å². The molecule has 1 fully saturated rings. The van der Waals surface area contributed by atoms with Crippen LogP contribution in [0.5, 0.6) is 0 Å². The summed E-state index contributed by atoms with van der Waals surface area (Å²) in [6.45, 7) is 6.08. The first kappa shape index (κ1) is 18.9. The van der Waals surface area contributed by atoms with E-state index in [1.165, 1.54) is 0 Å². The van der Waals surface area contributed by atoms with Crippen molar-refractivity contribution in [1.29, 1.82) is 21.2 Å². The molecule has 1 N–H and O–H groups in total. The first-order chi connectivity index (χ1) is 12.9. The van der Waals surface area contributed by atoms with Crippen molar-refractivity contribution >= 4 is 5.71 Å². The zero-order chi connectivity index (χ0) is 19.8. The molecular formula is C23H24N4. The Morgan fingerprint density at radius 2 is 1.67 bits per heavy atom. The quantitative estimate of drug-likeness (QED) is 0.716. The third kappa shape index (κ3) is 2.75. The minimum absolute atomic E-state index is 0.0503. The fourth-order valence-electron chi connectivity index (χ4n) is 5.17. The molecule has 0 radical (unpaired) electrons. The van der Waals surface area contributed by atoms with E-state index in [-0.39, 0.29) is 11.6 Å². The summed E-state index contributed by atoms with van der Waals surface area (Å²) in [7, 11) is 0. The highest BCUT2D eigenvalue weighted by atomic mass is 14.7. The number of rotatable bonds is 1. The van der Waals surface area contributed by atoms with Crippen LogP contribution in [0.1, 0.15) is 53.9 Å². The van der Waals surface area contributed by atoms with E-state index in [9.17, 15) is 15.8 Å². The predicted molar refractivity (Wildman–Crippen MR) is 104 cm³/mol. The van der Waals surface area contributed by atoms with Crippen LogP contribution in [0.3, 0.4) is 0 Å². The molecule has 0 amide bonds. The third-order valence-electron chi connectivity index (χ3n) is 6.22. The average molecular weight is 356 g/mol. The monoisotopic (exact) mass is 356 g/mol. The maximum Gasteiger partial charge on any atom is 0.189 e. The molecule has 4 heteroatoms. The maximum atomic E-state index is 10.1. The number of nitrogens with one attached hydrogen (secondary N) is 1. The van der Waals surface area contributed by atoms with E-state index in [1.807, 2.05) is 20.8 Å². The number of hydrogen-bond donors (Lipinski definition) is 1. The molecule has 3 atom stereocenters. The largest absolute Gasteiger partial charge is 0.305 e. The summed E-state index contributed by atoms with van der Waals surface area (Å²) in [6, 6.07) is 10.8. The van der Waals surface area contributed by atoms with Gasteiger partial charge in [0.2, 0.25) is 0 Å². The van der Waals surface area contributed by atoms with Gasteiger partial charge in [-0.3, -0.25) is 0 Å². The zero-order valence-electron chi connectivity index (χ0n) is 16.1. The minimum Gasteiger partial charge on any atom is -0.305 e. The Balaban J connectivity index is 2.35. The van der Waals surface area contributed by atoms with Crippen molar-refractivity contribution in [3.8, 4) is 18.2 Å². The molecule has 0 unspecified atom stereocenters. The van der Waals surface area contributed by atoms with Gasteiger partial charge in [-0.25, -0.2) is 0 Å². The molecule has 1 aromatic carbocycles. The van der Waals surface area contributed by atoms with Gasteiger partial charge in [0.15, 0.2) is 5.41 Å². The number of nitriles is 3. The Hall–Kier alpha value is -2.90. The summed E-state index contributed by atoms with van der Waals surface area (Å²) in [5.74, 6) is -1.23. The van der Waals surface area contributed by atoms with E-state index in [0.717, 1.165) is 53.5 Å². The molecule has 0 aliphatic heterocycles. The van der Waals surface area contributed by atoms with Crippen molar-refractivity contribution in [3.05, 3.63) is 46.0 Å². The lowest BCUT2D eigenvalue weighted by atomic mass is 9.53. The SMILES string of the molecule is Cc1cc(C)c([C@@H]2[C@H]3CCCCC=C3[C@@H](C#N)C(=N)C2(C#N)C#N)c(C)c1. The van der Waals surface area contributed by atoms with Crippen molar-refractivity contribution in [2.75, 3.05) is 0 Å². The van der Waals surface area contributed by atoms with Crippen LogP contribution >= 0.6 is 0 Å². The zero-order valence-corrected chi connectivity index (χ0v) is 16.1.